The van der Waals surface area contributed by atoms with E-state index >= 15 is 0 Å². The number of piperidine rings is 1. The second-order valence-electron chi connectivity index (χ2n) is 6.72. The van der Waals surface area contributed by atoms with Crippen molar-refractivity contribution in [1.29, 1.82) is 0 Å². The first-order valence-electron chi connectivity index (χ1n) is 6.98. The molecular weight excluding hydrogens is 196 g/mol. The number of nitrogens with zero attached hydrogens (tertiary/aromatic N) is 1. The van der Waals surface area contributed by atoms with Gasteiger partial charge in [0, 0.05) is 19.6 Å². The zero-order valence-electron chi connectivity index (χ0n) is 11.3. The van der Waals surface area contributed by atoms with Gasteiger partial charge in [-0.05, 0) is 49.6 Å². The molecule has 16 heavy (non-hydrogen) atoms. The molecule has 2 nitrogen and oxygen atoms in total. The Morgan fingerprint density at radius 3 is 2.62 bits per heavy atom. The molecule has 0 aromatic rings. The van der Waals surface area contributed by atoms with Crippen molar-refractivity contribution >= 4 is 0 Å². The fourth-order valence-electron chi connectivity index (χ4n) is 3.39. The van der Waals surface area contributed by atoms with Crippen molar-refractivity contribution in [2.45, 2.75) is 46.5 Å². The summed E-state index contributed by atoms with van der Waals surface area (Å²) in [5.41, 5.74) is 1.12. The summed E-state index contributed by atoms with van der Waals surface area (Å²) in [6, 6.07) is 0. The van der Waals surface area contributed by atoms with Crippen LogP contribution < -0.4 is 5.32 Å². The molecule has 2 heterocycles. The van der Waals surface area contributed by atoms with Crippen molar-refractivity contribution < 1.29 is 0 Å². The highest BCUT2D eigenvalue weighted by atomic mass is 15.2. The Morgan fingerprint density at radius 2 is 2.00 bits per heavy atom. The van der Waals surface area contributed by atoms with E-state index in [4.69, 9.17) is 0 Å². The predicted octanol–water partition coefficient (Wildman–Crippen LogP) is 2.50. The lowest BCUT2D eigenvalue weighted by molar-refractivity contribution is 0.0680. The van der Waals surface area contributed by atoms with Crippen molar-refractivity contribution in [2.24, 2.45) is 10.8 Å². The molecule has 0 amide bonds. The van der Waals surface area contributed by atoms with Gasteiger partial charge in [0.1, 0.15) is 0 Å². The number of nitrogens with one attached hydrogen (secondary N) is 1. The molecule has 2 atom stereocenters. The monoisotopic (exact) mass is 224 g/mol. The lowest BCUT2D eigenvalue weighted by Gasteiger charge is -2.43. The number of rotatable bonds is 3. The van der Waals surface area contributed by atoms with Gasteiger partial charge in [-0.3, -0.25) is 0 Å². The molecule has 0 aliphatic carbocycles. The van der Waals surface area contributed by atoms with Crippen LogP contribution in [0.2, 0.25) is 0 Å². The van der Waals surface area contributed by atoms with Gasteiger partial charge >= 0.3 is 0 Å². The summed E-state index contributed by atoms with van der Waals surface area (Å²) < 4.78 is 0. The van der Waals surface area contributed by atoms with Gasteiger partial charge in [-0.25, -0.2) is 0 Å². The van der Waals surface area contributed by atoms with Gasteiger partial charge in [0.2, 0.25) is 0 Å². The van der Waals surface area contributed by atoms with Gasteiger partial charge in [0.15, 0.2) is 0 Å². The molecule has 2 aliphatic rings. The van der Waals surface area contributed by atoms with Gasteiger partial charge in [0.25, 0.3) is 0 Å². The summed E-state index contributed by atoms with van der Waals surface area (Å²) >= 11 is 0. The number of hydrogen-bond donors (Lipinski definition) is 1. The summed E-state index contributed by atoms with van der Waals surface area (Å²) in [5.74, 6) is 0. The molecule has 0 spiro atoms. The Bertz CT molecular complexity index is 233. The lowest BCUT2D eigenvalue weighted by Crippen LogP contribution is -2.46. The van der Waals surface area contributed by atoms with Crippen LogP contribution in [-0.4, -0.2) is 37.6 Å². The third-order valence-electron chi connectivity index (χ3n) is 4.78. The van der Waals surface area contributed by atoms with Crippen molar-refractivity contribution in [2.75, 3.05) is 32.7 Å². The molecule has 2 fully saturated rings. The minimum atomic E-state index is 0.534. The Hall–Kier alpha value is -0.0800. The highest BCUT2D eigenvalue weighted by Crippen LogP contribution is 2.35. The molecule has 0 bridgehead atoms. The summed E-state index contributed by atoms with van der Waals surface area (Å²) in [7, 11) is 0. The van der Waals surface area contributed by atoms with Crippen LogP contribution in [0.15, 0.2) is 0 Å². The maximum Gasteiger partial charge on any atom is 0.00482 e. The second kappa shape index (κ2) is 4.66. The van der Waals surface area contributed by atoms with E-state index in [2.05, 4.69) is 31.0 Å². The zero-order valence-corrected chi connectivity index (χ0v) is 11.3. The highest BCUT2D eigenvalue weighted by molar-refractivity contribution is 4.90. The average Bonchev–Trinajstić information content (AvgIpc) is 2.65. The molecule has 0 aromatic carbocycles. The summed E-state index contributed by atoms with van der Waals surface area (Å²) in [4.78, 5) is 2.72. The first-order chi connectivity index (χ1) is 7.55. The topological polar surface area (TPSA) is 15.3 Å². The lowest BCUT2D eigenvalue weighted by atomic mass is 9.78. The Labute approximate surface area is 101 Å². The Balaban J connectivity index is 1.90. The quantitative estimate of drug-likeness (QED) is 0.792. The summed E-state index contributed by atoms with van der Waals surface area (Å²) in [6.07, 6.45) is 5.51. The van der Waals surface area contributed by atoms with Crippen LogP contribution in [0, 0.1) is 10.8 Å². The standard InChI is InChI=1S/C14H28N2/c1-4-13(2)6-5-9-16(11-13)12-14(3)7-8-15-10-14/h15H,4-12H2,1-3H3. The summed E-state index contributed by atoms with van der Waals surface area (Å²) in [5, 5.41) is 3.51. The van der Waals surface area contributed by atoms with Gasteiger partial charge in [-0.1, -0.05) is 20.8 Å². The molecule has 2 unspecified atom stereocenters. The van der Waals surface area contributed by atoms with Gasteiger partial charge in [0.05, 0.1) is 0 Å². The normalized spacial score (nSPS) is 41.4. The van der Waals surface area contributed by atoms with E-state index in [1.54, 1.807) is 0 Å². The molecular formula is C14H28N2. The molecule has 0 saturated carbocycles. The molecule has 94 valence electrons. The Kier molecular flexibility index (Phi) is 3.60. The number of likely N-dealkylation sites (tertiary alicyclic amines) is 1. The van der Waals surface area contributed by atoms with Crippen LogP contribution in [0.1, 0.15) is 46.5 Å². The number of hydrogen-bond acceptors (Lipinski definition) is 2. The van der Waals surface area contributed by atoms with Gasteiger partial charge in [-0.15, -0.1) is 0 Å². The van der Waals surface area contributed by atoms with Gasteiger partial charge in [-0.2, -0.15) is 0 Å². The molecule has 2 heteroatoms. The minimum absolute atomic E-state index is 0.534. The van der Waals surface area contributed by atoms with Crippen LogP contribution in [0.3, 0.4) is 0 Å². The minimum Gasteiger partial charge on any atom is -0.316 e. The maximum absolute atomic E-state index is 3.51. The fourth-order valence-corrected chi connectivity index (χ4v) is 3.39. The smallest absolute Gasteiger partial charge is 0.00482 e. The fraction of sp³-hybridized carbons (Fsp3) is 1.00. The van der Waals surface area contributed by atoms with E-state index in [1.807, 2.05) is 0 Å². The molecule has 2 aliphatic heterocycles. The molecule has 2 saturated heterocycles. The largest absolute Gasteiger partial charge is 0.316 e. The molecule has 0 aromatic heterocycles. The first-order valence-corrected chi connectivity index (χ1v) is 6.98. The van der Waals surface area contributed by atoms with Crippen molar-refractivity contribution in [1.82, 2.24) is 10.2 Å². The van der Waals surface area contributed by atoms with Crippen LogP contribution in [0.25, 0.3) is 0 Å². The summed E-state index contributed by atoms with van der Waals surface area (Å²) in [6.45, 7) is 13.6. The van der Waals surface area contributed by atoms with Gasteiger partial charge < -0.3 is 10.2 Å². The van der Waals surface area contributed by atoms with Crippen LogP contribution in [0.5, 0.6) is 0 Å². The molecule has 1 N–H and O–H groups in total. The SMILES string of the molecule is CCC1(C)CCCN(CC2(C)CCNC2)C1. The van der Waals surface area contributed by atoms with E-state index in [9.17, 15) is 0 Å². The van der Waals surface area contributed by atoms with E-state index < -0.39 is 0 Å². The van der Waals surface area contributed by atoms with Crippen LogP contribution >= 0.6 is 0 Å². The van der Waals surface area contributed by atoms with E-state index in [-0.39, 0.29) is 0 Å². The predicted molar refractivity (Wildman–Crippen MR) is 69.7 cm³/mol. The third-order valence-corrected chi connectivity index (χ3v) is 4.78. The second-order valence-corrected chi connectivity index (χ2v) is 6.72. The van der Waals surface area contributed by atoms with Crippen LogP contribution in [0.4, 0.5) is 0 Å². The third kappa shape index (κ3) is 2.78. The Morgan fingerprint density at radius 1 is 1.19 bits per heavy atom. The van der Waals surface area contributed by atoms with Crippen molar-refractivity contribution in [3.05, 3.63) is 0 Å². The van der Waals surface area contributed by atoms with E-state index in [0.717, 1.165) is 0 Å². The van der Waals surface area contributed by atoms with Crippen LogP contribution in [-0.2, 0) is 0 Å². The maximum atomic E-state index is 3.51. The molecule has 2 rings (SSSR count). The highest BCUT2D eigenvalue weighted by Gasteiger charge is 2.35. The zero-order chi connectivity index (χ0) is 11.6. The first kappa shape index (κ1) is 12.4. The van der Waals surface area contributed by atoms with Crippen molar-refractivity contribution in [3.63, 3.8) is 0 Å². The molecule has 0 radical (unpaired) electrons. The van der Waals surface area contributed by atoms with E-state index in [1.165, 1.54) is 58.4 Å². The average molecular weight is 224 g/mol. The van der Waals surface area contributed by atoms with E-state index in [0.29, 0.717) is 10.8 Å². The van der Waals surface area contributed by atoms with Crippen molar-refractivity contribution in [3.8, 4) is 0 Å².